The van der Waals surface area contributed by atoms with Gasteiger partial charge in [-0.3, -0.25) is 9.78 Å². The van der Waals surface area contributed by atoms with Crippen molar-refractivity contribution in [3.05, 3.63) is 54.1 Å². The number of benzene rings is 1. The molecule has 1 aromatic carbocycles. The van der Waals surface area contributed by atoms with E-state index in [-0.39, 0.29) is 11.9 Å². The van der Waals surface area contributed by atoms with E-state index in [1.165, 1.54) is 0 Å². The summed E-state index contributed by atoms with van der Waals surface area (Å²) < 4.78 is 2.13. The first-order valence-electron chi connectivity index (χ1n) is 9.11. The number of anilines is 1. The van der Waals surface area contributed by atoms with Gasteiger partial charge in [-0.05, 0) is 25.8 Å². The average Bonchev–Trinajstić information content (AvgIpc) is 3.32. The van der Waals surface area contributed by atoms with Crippen LogP contribution in [-0.2, 0) is 6.54 Å². The molecule has 1 N–H and O–H groups in total. The predicted molar refractivity (Wildman–Crippen MR) is 102 cm³/mol. The number of carbonyl (C=O) groups is 1. The van der Waals surface area contributed by atoms with Crippen molar-refractivity contribution in [3.8, 4) is 0 Å². The van der Waals surface area contributed by atoms with Crippen LogP contribution in [0, 0.1) is 0 Å². The summed E-state index contributed by atoms with van der Waals surface area (Å²) in [5, 5.41) is 4.04. The maximum atomic E-state index is 13.4. The van der Waals surface area contributed by atoms with Crippen LogP contribution in [-0.4, -0.2) is 38.9 Å². The minimum Gasteiger partial charge on any atom is -0.372 e. The van der Waals surface area contributed by atoms with Gasteiger partial charge in [0.2, 0.25) is 0 Å². The molecule has 1 aliphatic heterocycles. The number of aryl methyl sites for hydroxylation is 1. The minimum absolute atomic E-state index is 0.0213. The highest BCUT2D eigenvalue weighted by atomic mass is 16.2. The molecule has 3 heterocycles. The van der Waals surface area contributed by atoms with E-state index in [4.69, 9.17) is 0 Å². The molecule has 0 unspecified atom stereocenters. The summed E-state index contributed by atoms with van der Waals surface area (Å²) in [6.45, 7) is 3.69. The summed E-state index contributed by atoms with van der Waals surface area (Å²) >= 11 is 0. The van der Waals surface area contributed by atoms with Crippen LogP contribution in [0.1, 0.15) is 41.9 Å². The molecule has 1 atom stereocenters. The van der Waals surface area contributed by atoms with E-state index in [1.807, 2.05) is 36.3 Å². The van der Waals surface area contributed by atoms with Gasteiger partial charge >= 0.3 is 0 Å². The van der Waals surface area contributed by atoms with Crippen LogP contribution in [0.4, 0.5) is 5.82 Å². The van der Waals surface area contributed by atoms with Gasteiger partial charge in [0, 0.05) is 37.2 Å². The fourth-order valence-electron chi connectivity index (χ4n) is 3.81. The molecule has 1 aliphatic rings. The molecule has 0 bridgehead atoms. The number of carbonyl (C=O) groups excluding carboxylic acids is 1. The molecule has 3 aromatic rings. The predicted octanol–water partition coefficient (Wildman–Crippen LogP) is 3.47. The van der Waals surface area contributed by atoms with Gasteiger partial charge in [0.25, 0.3) is 5.91 Å². The third kappa shape index (κ3) is 2.71. The van der Waals surface area contributed by atoms with Crippen molar-refractivity contribution in [3.63, 3.8) is 0 Å². The molecule has 6 heteroatoms. The zero-order chi connectivity index (χ0) is 18.1. The van der Waals surface area contributed by atoms with E-state index in [1.54, 1.807) is 12.4 Å². The first-order chi connectivity index (χ1) is 12.7. The molecule has 2 aromatic heterocycles. The number of rotatable bonds is 4. The third-order valence-corrected chi connectivity index (χ3v) is 5.12. The Bertz CT molecular complexity index is 948. The number of likely N-dealkylation sites (tertiary alicyclic amines) is 1. The van der Waals surface area contributed by atoms with Crippen molar-refractivity contribution >= 4 is 22.6 Å². The molecule has 4 rings (SSSR count). The number of hydrogen-bond acceptors (Lipinski definition) is 4. The zero-order valence-electron chi connectivity index (χ0n) is 15.1. The number of amides is 1. The van der Waals surface area contributed by atoms with E-state index in [9.17, 15) is 4.79 Å². The lowest BCUT2D eigenvalue weighted by Crippen LogP contribution is -2.31. The average molecular weight is 349 g/mol. The lowest BCUT2D eigenvalue weighted by atomic mass is 10.1. The Morgan fingerprint density at radius 1 is 1.31 bits per heavy atom. The van der Waals surface area contributed by atoms with Gasteiger partial charge in [-0.25, -0.2) is 4.98 Å². The van der Waals surface area contributed by atoms with Gasteiger partial charge in [-0.15, -0.1) is 0 Å². The van der Waals surface area contributed by atoms with E-state index in [0.717, 1.165) is 53.9 Å². The quantitative estimate of drug-likeness (QED) is 0.783. The lowest BCUT2D eigenvalue weighted by molar-refractivity contribution is 0.0734. The highest BCUT2D eigenvalue weighted by Gasteiger charge is 2.33. The van der Waals surface area contributed by atoms with Gasteiger partial charge in [0.15, 0.2) is 0 Å². The Morgan fingerprint density at radius 3 is 2.96 bits per heavy atom. The van der Waals surface area contributed by atoms with Gasteiger partial charge < -0.3 is 14.8 Å². The summed E-state index contributed by atoms with van der Waals surface area (Å²) in [6, 6.07) is 8.08. The van der Waals surface area contributed by atoms with Crippen molar-refractivity contribution in [2.24, 2.45) is 0 Å². The second-order valence-corrected chi connectivity index (χ2v) is 6.58. The third-order valence-electron chi connectivity index (χ3n) is 5.12. The summed E-state index contributed by atoms with van der Waals surface area (Å²) in [5.41, 5.74) is 2.72. The van der Waals surface area contributed by atoms with Crippen LogP contribution in [0.3, 0.4) is 0 Å². The number of para-hydroxylation sites is 1. The van der Waals surface area contributed by atoms with Crippen LogP contribution < -0.4 is 5.32 Å². The Hall–Kier alpha value is -2.89. The fourth-order valence-corrected chi connectivity index (χ4v) is 3.81. The maximum absolute atomic E-state index is 13.4. The monoisotopic (exact) mass is 349 g/mol. The number of aromatic nitrogens is 3. The van der Waals surface area contributed by atoms with Crippen LogP contribution in [0.2, 0.25) is 0 Å². The number of fused-ring (bicyclic) bond motifs is 1. The first kappa shape index (κ1) is 16.6. The van der Waals surface area contributed by atoms with Crippen LogP contribution in [0.5, 0.6) is 0 Å². The van der Waals surface area contributed by atoms with Gasteiger partial charge in [-0.2, -0.15) is 0 Å². The molecule has 1 amide bonds. The molecule has 0 aliphatic carbocycles. The van der Waals surface area contributed by atoms with E-state index in [2.05, 4.69) is 32.8 Å². The largest absolute Gasteiger partial charge is 0.372 e. The topological polar surface area (TPSA) is 63.1 Å². The van der Waals surface area contributed by atoms with Crippen molar-refractivity contribution < 1.29 is 4.79 Å². The molecular formula is C20H23N5O. The van der Waals surface area contributed by atoms with Crippen LogP contribution in [0.15, 0.2) is 42.9 Å². The second kappa shape index (κ2) is 6.78. The highest BCUT2D eigenvalue weighted by molar-refractivity contribution is 6.07. The second-order valence-electron chi connectivity index (χ2n) is 6.58. The molecule has 6 nitrogen and oxygen atoms in total. The SMILES string of the molecule is CCn1cc(C(=O)N2CCC[C@@H]2c2cncc(NC)n2)c2ccccc21. The van der Waals surface area contributed by atoms with Crippen molar-refractivity contribution in [1.82, 2.24) is 19.4 Å². The normalized spacial score (nSPS) is 17.0. The first-order valence-corrected chi connectivity index (χ1v) is 9.11. The van der Waals surface area contributed by atoms with E-state index in [0.29, 0.717) is 0 Å². The molecule has 0 spiro atoms. The van der Waals surface area contributed by atoms with Crippen molar-refractivity contribution in [1.29, 1.82) is 0 Å². The molecule has 0 radical (unpaired) electrons. The Kier molecular flexibility index (Phi) is 4.32. The summed E-state index contributed by atoms with van der Waals surface area (Å²) in [4.78, 5) is 24.2. The molecule has 1 saturated heterocycles. The Labute approximate surface area is 152 Å². The fraction of sp³-hybridized carbons (Fsp3) is 0.350. The molecule has 0 saturated carbocycles. The van der Waals surface area contributed by atoms with Crippen LogP contribution >= 0.6 is 0 Å². The number of nitrogens with one attached hydrogen (secondary N) is 1. The zero-order valence-corrected chi connectivity index (χ0v) is 15.1. The van der Waals surface area contributed by atoms with Gasteiger partial charge in [0.1, 0.15) is 5.82 Å². The van der Waals surface area contributed by atoms with E-state index >= 15 is 0 Å². The van der Waals surface area contributed by atoms with Crippen LogP contribution in [0.25, 0.3) is 10.9 Å². The lowest BCUT2D eigenvalue weighted by Gasteiger charge is -2.24. The Balaban J connectivity index is 1.71. The molecule has 134 valence electrons. The summed E-state index contributed by atoms with van der Waals surface area (Å²) in [7, 11) is 1.82. The maximum Gasteiger partial charge on any atom is 0.256 e. The molecule has 26 heavy (non-hydrogen) atoms. The standard InChI is InChI=1S/C20H23N5O/c1-3-24-13-15(14-7-4-5-8-17(14)24)20(26)25-10-6-9-18(25)16-11-22-12-19(21-2)23-16/h4-5,7-8,11-13,18H,3,6,9-10H2,1-2H3,(H,21,23)/t18-/m1/s1. The van der Waals surface area contributed by atoms with Crippen molar-refractivity contribution in [2.45, 2.75) is 32.4 Å². The van der Waals surface area contributed by atoms with Gasteiger partial charge in [0.05, 0.1) is 29.7 Å². The summed E-state index contributed by atoms with van der Waals surface area (Å²) in [5.74, 6) is 0.803. The highest BCUT2D eigenvalue weighted by Crippen LogP contribution is 2.34. The molecule has 1 fully saturated rings. The Morgan fingerprint density at radius 2 is 2.15 bits per heavy atom. The van der Waals surface area contributed by atoms with Gasteiger partial charge in [-0.1, -0.05) is 18.2 Å². The molecular weight excluding hydrogens is 326 g/mol. The number of nitrogens with zero attached hydrogens (tertiary/aromatic N) is 4. The number of hydrogen-bond donors (Lipinski definition) is 1. The van der Waals surface area contributed by atoms with Crippen molar-refractivity contribution in [2.75, 3.05) is 18.9 Å². The smallest absolute Gasteiger partial charge is 0.256 e. The minimum atomic E-state index is -0.0213. The van der Waals surface area contributed by atoms with E-state index < -0.39 is 0 Å². The summed E-state index contributed by atoms with van der Waals surface area (Å²) in [6.07, 6.45) is 7.35.